The van der Waals surface area contributed by atoms with Crippen molar-refractivity contribution >= 4 is 39.6 Å². The molecule has 0 bridgehead atoms. The first kappa shape index (κ1) is 18.9. The number of hydrogen-bond donors (Lipinski definition) is 0. The lowest BCUT2D eigenvalue weighted by Crippen LogP contribution is -2.38. The van der Waals surface area contributed by atoms with E-state index in [-0.39, 0.29) is 18.1 Å². The first-order valence-corrected chi connectivity index (χ1v) is 10.0. The maximum absolute atomic E-state index is 13.4. The molecule has 5 heterocycles. The normalized spacial score (nSPS) is 20.6. The summed E-state index contributed by atoms with van der Waals surface area (Å²) in [6.45, 7) is 3.90. The van der Waals surface area contributed by atoms with Gasteiger partial charge in [0.05, 0.1) is 18.6 Å². The van der Waals surface area contributed by atoms with Crippen LogP contribution in [0.2, 0.25) is 5.28 Å². The second-order valence-electron chi connectivity index (χ2n) is 7.52. The molecule has 0 radical (unpaired) electrons. The zero-order valence-electron chi connectivity index (χ0n) is 15.7. The lowest BCUT2D eigenvalue weighted by atomic mass is 10.1. The van der Waals surface area contributed by atoms with Crippen LogP contribution in [0, 0.1) is 0 Å². The van der Waals surface area contributed by atoms with Gasteiger partial charge in [0.1, 0.15) is 5.52 Å². The molecule has 2 aliphatic rings. The van der Waals surface area contributed by atoms with Crippen LogP contribution in [0.15, 0.2) is 16.7 Å². The Morgan fingerprint density at radius 3 is 2.62 bits per heavy atom. The number of piperidine rings is 1. The zero-order chi connectivity index (χ0) is 20.0. The van der Waals surface area contributed by atoms with Crippen molar-refractivity contribution in [3.8, 4) is 0 Å². The molecule has 0 unspecified atom stereocenters. The van der Waals surface area contributed by atoms with Crippen LogP contribution in [0.3, 0.4) is 0 Å². The highest BCUT2D eigenvalue weighted by atomic mass is 35.5. The minimum Gasteiger partial charge on any atom is -0.432 e. The summed E-state index contributed by atoms with van der Waals surface area (Å²) in [4.78, 5) is 17.3. The molecule has 5 rings (SSSR count). The number of anilines is 1. The van der Waals surface area contributed by atoms with Crippen LogP contribution in [0.4, 0.5) is 14.6 Å². The molecule has 10 heteroatoms. The minimum absolute atomic E-state index is 0.108. The molecule has 0 saturated carbocycles. The third-order valence-corrected chi connectivity index (χ3v) is 5.66. The van der Waals surface area contributed by atoms with Crippen molar-refractivity contribution in [2.24, 2.45) is 0 Å². The molecule has 154 valence electrons. The number of fused-ring (bicyclic) bond motifs is 3. The van der Waals surface area contributed by atoms with Gasteiger partial charge in [0.2, 0.25) is 11.0 Å². The second-order valence-corrected chi connectivity index (χ2v) is 7.86. The molecule has 2 aliphatic heterocycles. The smallest absolute Gasteiger partial charge is 0.250 e. The third kappa shape index (κ3) is 3.74. The summed E-state index contributed by atoms with van der Waals surface area (Å²) in [5.74, 6) is -1.91. The number of nitrogens with zero attached hydrogens (tertiary/aromatic N) is 5. The van der Waals surface area contributed by atoms with Crippen LogP contribution in [0.25, 0.3) is 22.2 Å². The van der Waals surface area contributed by atoms with Crippen molar-refractivity contribution < 1.29 is 17.9 Å². The number of morpholine rings is 1. The van der Waals surface area contributed by atoms with Crippen molar-refractivity contribution in [1.29, 1.82) is 0 Å². The van der Waals surface area contributed by atoms with Crippen LogP contribution < -0.4 is 4.90 Å². The van der Waals surface area contributed by atoms with E-state index >= 15 is 0 Å². The van der Waals surface area contributed by atoms with Gasteiger partial charge >= 0.3 is 0 Å². The van der Waals surface area contributed by atoms with E-state index in [1.807, 2.05) is 11.0 Å². The molecule has 0 atom stereocenters. The summed E-state index contributed by atoms with van der Waals surface area (Å²) in [7, 11) is 0. The highest BCUT2D eigenvalue weighted by molar-refractivity contribution is 6.29. The van der Waals surface area contributed by atoms with E-state index in [9.17, 15) is 8.78 Å². The largest absolute Gasteiger partial charge is 0.432 e. The van der Waals surface area contributed by atoms with Gasteiger partial charge < -0.3 is 14.1 Å². The number of alkyl halides is 2. The van der Waals surface area contributed by atoms with Gasteiger partial charge in [-0.25, -0.2) is 18.7 Å². The van der Waals surface area contributed by atoms with Gasteiger partial charge in [-0.15, -0.1) is 0 Å². The number of aromatic nitrogens is 3. The SMILES string of the molecule is FC1(F)CCN(Cc2cnc3oc4c(N5CCOCC5)nc(Cl)nc4c3c2)CC1. The van der Waals surface area contributed by atoms with Gasteiger partial charge in [0.15, 0.2) is 11.4 Å². The molecule has 0 spiro atoms. The van der Waals surface area contributed by atoms with Crippen molar-refractivity contribution in [2.45, 2.75) is 25.3 Å². The number of likely N-dealkylation sites (tertiary alicyclic amines) is 1. The fourth-order valence-corrected chi connectivity index (χ4v) is 4.07. The summed E-state index contributed by atoms with van der Waals surface area (Å²) >= 11 is 6.20. The summed E-state index contributed by atoms with van der Waals surface area (Å²) < 4.78 is 38.2. The molecule has 7 nitrogen and oxygen atoms in total. The average molecular weight is 424 g/mol. The molecule has 0 amide bonds. The summed E-state index contributed by atoms with van der Waals surface area (Å²) in [5.41, 5.74) is 2.54. The summed E-state index contributed by atoms with van der Waals surface area (Å²) in [6, 6.07) is 1.95. The number of halogens is 3. The summed E-state index contributed by atoms with van der Waals surface area (Å²) in [5, 5.41) is 0.893. The Morgan fingerprint density at radius 2 is 1.86 bits per heavy atom. The van der Waals surface area contributed by atoms with Crippen molar-refractivity contribution in [2.75, 3.05) is 44.3 Å². The van der Waals surface area contributed by atoms with E-state index in [2.05, 4.69) is 19.9 Å². The van der Waals surface area contributed by atoms with Crippen molar-refractivity contribution in [1.82, 2.24) is 19.9 Å². The van der Waals surface area contributed by atoms with E-state index in [0.29, 0.717) is 68.6 Å². The lowest BCUT2D eigenvalue weighted by Gasteiger charge is -2.31. The van der Waals surface area contributed by atoms with E-state index in [1.165, 1.54) is 0 Å². The van der Waals surface area contributed by atoms with E-state index < -0.39 is 5.92 Å². The Balaban J connectivity index is 1.49. The van der Waals surface area contributed by atoms with Crippen molar-refractivity contribution in [3.05, 3.63) is 23.1 Å². The van der Waals surface area contributed by atoms with Crippen LogP contribution in [0.1, 0.15) is 18.4 Å². The Kier molecular flexibility index (Phi) is 4.76. The quantitative estimate of drug-likeness (QED) is 0.597. The first-order chi connectivity index (χ1) is 14.0. The Bertz CT molecular complexity index is 1040. The predicted octanol–water partition coefficient (Wildman–Crippen LogP) is 3.49. The average Bonchev–Trinajstić information content (AvgIpc) is 3.07. The number of furan rings is 1. The van der Waals surface area contributed by atoms with E-state index in [0.717, 1.165) is 10.9 Å². The van der Waals surface area contributed by atoms with E-state index in [1.54, 1.807) is 6.20 Å². The highest BCUT2D eigenvalue weighted by Gasteiger charge is 2.34. The van der Waals surface area contributed by atoms with Crippen LogP contribution in [0.5, 0.6) is 0 Å². The highest BCUT2D eigenvalue weighted by Crippen LogP contribution is 2.34. The molecule has 2 saturated heterocycles. The third-order valence-electron chi connectivity index (χ3n) is 5.49. The Hall–Kier alpha value is -2.10. The second kappa shape index (κ2) is 7.30. The van der Waals surface area contributed by atoms with Gasteiger partial charge in [-0.05, 0) is 23.2 Å². The monoisotopic (exact) mass is 423 g/mol. The maximum Gasteiger partial charge on any atom is 0.250 e. The molecule has 0 aliphatic carbocycles. The van der Waals surface area contributed by atoms with Gasteiger partial charge in [0.25, 0.3) is 5.92 Å². The van der Waals surface area contributed by atoms with Gasteiger partial charge in [0, 0.05) is 51.8 Å². The molecule has 29 heavy (non-hydrogen) atoms. The minimum atomic E-state index is -2.55. The lowest BCUT2D eigenvalue weighted by molar-refractivity contribution is -0.0566. The Morgan fingerprint density at radius 1 is 1.10 bits per heavy atom. The molecule has 3 aromatic rings. The van der Waals surface area contributed by atoms with Crippen molar-refractivity contribution in [3.63, 3.8) is 0 Å². The maximum atomic E-state index is 13.4. The zero-order valence-corrected chi connectivity index (χ0v) is 16.5. The van der Waals surface area contributed by atoms with Gasteiger partial charge in [-0.3, -0.25) is 4.90 Å². The number of hydrogen-bond acceptors (Lipinski definition) is 7. The predicted molar refractivity (Wildman–Crippen MR) is 105 cm³/mol. The van der Waals surface area contributed by atoms with Crippen LogP contribution >= 0.6 is 11.6 Å². The topological polar surface area (TPSA) is 67.5 Å². The molecule has 3 aromatic heterocycles. The van der Waals surface area contributed by atoms with Gasteiger partial charge in [-0.2, -0.15) is 4.98 Å². The molecule has 0 aromatic carbocycles. The molecular weight excluding hydrogens is 404 g/mol. The number of rotatable bonds is 3. The first-order valence-electron chi connectivity index (χ1n) is 9.66. The fraction of sp³-hybridized carbons (Fsp3) is 0.526. The number of ether oxygens (including phenoxy) is 1. The van der Waals surface area contributed by atoms with E-state index in [4.69, 9.17) is 20.8 Å². The fourth-order valence-electron chi connectivity index (χ4n) is 3.90. The molecule has 0 N–H and O–H groups in total. The standard InChI is InChI=1S/C19H20ClF2N5O2/c20-18-24-14-13-9-12(11-26-3-1-19(21,22)2-4-26)10-23-17(13)29-15(14)16(25-18)27-5-7-28-8-6-27/h9-10H,1-8,11H2. The van der Waals surface area contributed by atoms with Crippen LogP contribution in [-0.4, -0.2) is 65.2 Å². The molecule has 2 fully saturated rings. The summed E-state index contributed by atoms with van der Waals surface area (Å²) in [6.07, 6.45) is 1.51. The Labute approximate surface area is 170 Å². The van der Waals surface area contributed by atoms with Crippen LogP contribution in [-0.2, 0) is 11.3 Å². The molecular formula is C19H20ClF2N5O2. The van der Waals surface area contributed by atoms with Gasteiger partial charge in [-0.1, -0.05) is 0 Å². The number of pyridine rings is 1.